The summed E-state index contributed by atoms with van der Waals surface area (Å²) in [6.07, 6.45) is 3.02. The van der Waals surface area contributed by atoms with Crippen LogP contribution in [0.3, 0.4) is 0 Å². The Kier molecular flexibility index (Phi) is 3.34. The number of rotatable bonds is 4. The van der Waals surface area contributed by atoms with Crippen molar-refractivity contribution >= 4 is 34.0 Å². The third kappa shape index (κ3) is 2.59. The number of benzene rings is 1. The summed E-state index contributed by atoms with van der Waals surface area (Å²) in [5.41, 5.74) is 3.04. The fraction of sp³-hybridized carbons (Fsp3) is 0.200. The Hall–Kier alpha value is -2.67. The molecule has 3 heterocycles. The summed E-state index contributed by atoms with van der Waals surface area (Å²) in [4.78, 5) is 0. The van der Waals surface area contributed by atoms with Gasteiger partial charge in [0.2, 0.25) is 0 Å². The van der Waals surface area contributed by atoms with Crippen LogP contribution in [0.2, 0.25) is 5.02 Å². The maximum atomic E-state index is 6.07. The lowest BCUT2D eigenvalue weighted by atomic mass is 10.1. The lowest BCUT2D eigenvalue weighted by molar-refractivity contribution is 0.733. The lowest BCUT2D eigenvalue weighted by Crippen LogP contribution is -2.08. The molecule has 0 atom stereocenters. The summed E-state index contributed by atoms with van der Waals surface area (Å²) in [5, 5.41) is 20.8. The SMILES string of the molecule is Cn1cc(CCNc2ccc3nnnn3n2)c2ccc(Cl)cc21. The van der Waals surface area contributed by atoms with Gasteiger partial charge in [-0.05, 0) is 46.7 Å². The van der Waals surface area contributed by atoms with Gasteiger partial charge in [0.05, 0.1) is 0 Å². The quantitative estimate of drug-likeness (QED) is 0.622. The van der Waals surface area contributed by atoms with E-state index < -0.39 is 0 Å². The molecule has 0 aliphatic carbocycles. The summed E-state index contributed by atoms with van der Waals surface area (Å²) in [5.74, 6) is 0.744. The predicted molar refractivity (Wildman–Crippen MR) is 88.7 cm³/mol. The van der Waals surface area contributed by atoms with Crippen molar-refractivity contribution in [2.45, 2.75) is 6.42 Å². The number of anilines is 1. The average molecular weight is 328 g/mol. The van der Waals surface area contributed by atoms with Crippen molar-refractivity contribution in [1.82, 2.24) is 29.8 Å². The van der Waals surface area contributed by atoms with Crippen molar-refractivity contribution < 1.29 is 0 Å². The molecule has 7 nitrogen and oxygen atoms in total. The van der Waals surface area contributed by atoms with Crippen LogP contribution >= 0.6 is 11.6 Å². The molecule has 0 saturated carbocycles. The first-order valence-corrected chi connectivity index (χ1v) is 7.61. The Balaban J connectivity index is 1.50. The largest absolute Gasteiger partial charge is 0.368 e. The van der Waals surface area contributed by atoms with Gasteiger partial charge in [-0.25, -0.2) is 0 Å². The third-order valence-corrected chi connectivity index (χ3v) is 4.04. The molecular weight excluding hydrogens is 314 g/mol. The fourth-order valence-electron chi connectivity index (χ4n) is 2.71. The van der Waals surface area contributed by atoms with Gasteiger partial charge in [-0.1, -0.05) is 17.7 Å². The lowest BCUT2D eigenvalue weighted by Gasteiger charge is -2.04. The number of aryl methyl sites for hydroxylation is 1. The topological polar surface area (TPSA) is 72.9 Å². The van der Waals surface area contributed by atoms with Gasteiger partial charge in [-0.15, -0.1) is 14.8 Å². The molecule has 4 aromatic rings. The molecule has 0 spiro atoms. The maximum Gasteiger partial charge on any atom is 0.200 e. The zero-order valence-electron chi connectivity index (χ0n) is 12.4. The minimum Gasteiger partial charge on any atom is -0.368 e. The van der Waals surface area contributed by atoms with Gasteiger partial charge >= 0.3 is 0 Å². The van der Waals surface area contributed by atoms with E-state index in [-0.39, 0.29) is 0 Å². The van der Waals surface area contributed by atoms with Crippen LogP contribution in [0.5, 0.6) is 0 Å². The number of aromatic nitrogens is 6. The molecule has 0 bridgehead atoms. The monoisotopic (exact) mass is 327 g/mol. The minimum atomic E-state index is 0.626. The van der Waals surface area contributed by atoms with Crippen molar-refractivity contribution in [3.05, 3.63) is 47.1 Å². The van der Waals surface area contributed by atoms with Crippen LogP contribution in [-0.2, 0) is 13.5 Å². The van der Waals surface area contributed by atoms with E-state index in [1.54, 1.807) is 0 Å². The Bertz CT molecular complexity index is 988. The molecule has 0 saturated heterocycles. The molecule has 116 valence electrons. The zero-order valence-corrected chi connectivity index (χ0v) is 13.2. The molecule has 4 rings (SSSR count). The number of nitrogens with zero attached hydrogens (tertiary/aromatic N) is 6. The Morgan fingerprint density at radius 2 is 2.13 bits per heavy atom. The second-order valence-electron chi connectivity index (χ2n) is 5.35. The van der Waals surface area contributed by atoms with E-state index in [9.17, 15) is 0 Å². The number of hydrogen-bond donors (Lipinski definition) is 1. The van der Waals surface area contributed by atoms with Crippen LogP contribution in [0.25, 0.3) is 16.6 Å². The number of halogens is 1. The number of hydrogen-bond acceptors (Lipinski definition) is 5. The molecule has 0 aliphatic rings. The van der Waals surface area contributed by atoms with E-state index in [0.717, 1.165) is 29.3 Å². The van der Waals surface area contributed by atoms with Crippen molar-refractivity contribution in [2.24, 2.45) is 7.05 Å². The summed E-state index contributed by atoms with van der Waals surface area (Å²) in [6.45, 7) is 0.766. The normalized spacial score (nSPS) is 11.4. The fourth-order valence-corrected chi connectivity index (χ4v) is 2.88. The van der Waals surface area contributed by atoms with Gasteiger partial charge in [0.1, 0.15) is 5.82 Å². The van der Waals surface area contributed by atoms with E-state index in [4.69, 9.17) is 11.6 Å². The van der Waals surface area contributed by atoms with Crippen LogP contribution in [0.15, 0.2) is 36.5 Å². The smallest absolute Gasteiger partial charge is 0.200 e. The first-order valence-electron chi connectivity index (χ1n) is 7.23. The van der Waals surface area contributed by atoms with Gasteiger partial charge in [0, 0.05) is 35.7 Å². The zero-order chi connectivity index (χ0) is 15.8. The van der Waals surface area contributed by atoms with Crippen LogP contribution in [0.1, 0.15) is 5.56 Å². The molecule has 23 heavy (non-hydrogen) atoms. The highest BCUT2D eigenvalue weighted by atomic mass is 35.5. The highest BCUT2D eigenvalue weighted by Crippen LogP contribution is 2.24. The van der Waals surface area contributed by atoms with Crippen molar-refractivity contribution in [1.29, 1.82) is 0 Å². The van der Waals surface area contributed by atoms with E-state index >= 15 is 0 Å². The molecular formula is C15H14ClN7. The van der Waals surface area contributed by atoms with Crippen molar-refractivity contribution in [2.75, 3.05) is 11.9 Å². The molecule has 0 fully saturated rings. The molecule has 1 N–H and O–H groups in total. The molecule has 0 amide bonds. The van der Waals surface area contributed by atoms with Crippen molar-refractivity contribution in [3.63, 3.8) is 0 Å². The van der Waals surface area contributed by atoms with Gasteiger partial charge in [-0.3, -0.25) is 0 Å². The van der Waals surface area contributed by atoms with Crippen LogP contribution in [0.4, 0.5) is 5.82 Å². The van der Waals surface area contributed by atoms with Gasteiger partial charge < -0.3 is 9.88 Å². The molecule has 0 unspecified atom stereocenters. The van der Waals surface area contributed by atoms with Crippen LogP contribution in [-0.4, -0.2) is 36.4 Å². The summed E-state index contributed by atoms with van der Waals surface area (Å²) >= 11 is 6.07. The van der Waals surface area contributed by atoms with E-state index in [1.165, 1.54) is 15.6 Å². The van der Waals surface area contributed by atoms with E-state index in [0.29, 0.717) is 5.65 Å². The van der Waals surface area contributed by atoms with Gasteiger partial charge in [0.25, 0.3) is 0 Å². The minimum absolute atomic E-state index is 0.626. The standard InChI is InChI=1S/C15H14ClN7/c1-22-9-10(12-3-2-11(16)8-13(12)22)6-7-17-14-4-5-15-18-20-21-23(15)19-14/h2-5,8-9H,6-7H2,1H3,(H,17,19). The molecule has 1 aromatic carbocycles. The van der Waals surface area contributed by atoms with E-state index in [2.05, 4.69) is 42.8 Å². The average Bonchev–Trinajstić information content (AvgIpc) is 3.12. The molecule has 8 heteroatoms. The van der Waals surface area contributed by atoms with Crippen LogP contribution in [0, 0.1) is 0 Å². The summed E-state index contributed by atoms with van der Waals surface area (Å²) in [7, 11) is 2.03. The second-order valence-corrected chi connectivity index (χ2v) is 5.79. The number of tetrazole rings is 1. The maximum absolute atomic E-state index is 6.07. The first-order chi connectivity index (χ1) is 11.2. The Labute approximate surface area is 136 Å². The highest BCUT2D eigenvalue weighted by Gasteiger charge is 2.07. The van der Waals surface area contributed by atoms with Gasteiger partial charge in [0.15, 0.2) is 5.65 Å². The third-order valence-electron chi connectivity index (χ3n) is 3.81. The molecule has 3 aromatic heterocycles. The number of fused-ring (bicyclic) bond motifs is 2. The van der Waals surface area contributed by atoms with Crippen LogP contribution < -0.4 is 5.32 Å². The molecule has 0 radical (unpaired) electrons. The summed E-state index contributed by atoms with van der Waals surface area (Å²) in [6, 6.07) is 9.68. The molecule has 0 aliphatic heterocycles. The first kappa shape index (κ1) is 14.0. The predicted octanol–water partition coefficient (Wildman–Crippen LogP) is 2.32. The second kappa shape index (κ2) is 5.51. The number of nitrogens with one attached hydrogen (secondary N) is 1. The Morgan fingerprint density at radius 1 is 1.22 bits per heavy atom. The Morgan fingerprint density at radius 3 is 3.04 bits per heavy atom. The highest BCUT2D eigenvalue weighted by molar-refractivity contribution is 6.31. The van der Waals surface area contributed by atoms with E-state index in [1.807, 2.05) is 31.3 Å². The van der Waals surface area contributed by atoms with Crippen molar-refractivity contribution in [3.8, 4) is 0 Å². The summed E-state index contributed by atoms with van der Waals surface area (Å²) < 4.78 is 3.50. The van der Waals surface area contributed by atoms with Gasteiger partial charge in [-0.2, -0.15) is 0 Å².